The zero-order valence-electron chi connectivity index (χ0n) is 17.8. The number of nitrogens with one attached hydrogen (secondary N) is 1. The quantitative estimate of drug-likeness (QED) is 0.796. The number of amides is 2. The normalized spacial score (nSPS) is 11.5. The zero-order valence-corrected chi connectivity index (χ0v) is 17.8. The molecule has 0 bridgehead atoms. The number of hydrogen-bond acceptors (Lipinski definition) is 3. The van der Waals surface area contributed by atoms with Gasteiger partial charge in [0.2, 0.25) is 11.8 Å². The summed E-state index contributed by atoms with van der Waals surface area (Å²) in [6.45, 7) is 10.9. The van der Waals surface area contributed by atoms with Crippen LogP contribution in [0.15, 0.2) is 36.4 Å². The van der Waals surface area contributed by atoms with Crippen molar-refractivity contribution in [2.45, 2.75) is 46.5 Å². The number of aryl methyl sites for hydroxylation is 1. The van der Waals surface area contributed by atoms with Crippen molar-refractivity contribution in [3.8, 4) is 0 Å². The van der Waals surface area contributed by atoms with Crippen LogP contribution in [0.2, 0.25) is 0 Å². The highest BCUT2D eigenvalue weighted by molar-refractivity contribution is 5.94. The molecule has 0 unspecified atom stereocenters. The Hall–Kier alpha value is -2.63. The maximum Gasteiger partial charge on any atom is 0.245 e. The molecule has 2 aromatic rings. The third-order valence-electron chi connectivity index (χ3n) is 4.39. The molecular weight excluding hydrogens is 352 g/mol. The molecule has 152 valence electrons. The summed E-state index contributed by atoms with van der Waals surface area (Å²) >= 11 is 0. The first-order chi connectivity index (χ1) is 13.1. The van der Waals surface area contributed by atoms with Crippen molar-refractivity contribution < 1.29 is 9.59 Å². The van der Waals surface area contributed by atoms with Crippen molar-refractivity contribution in [3.05, 3.63) is 47.7 Å². The SMILES string of the molecule is CC(C)CN(CC(=O)Nc1cc(C(C)(C)C)nn1C)C(=O)Cc1ccccc1. The number of aromatic nitrogens is 2. The second-order valence-electron chi connectivity index (χ2n) is 8.67. The van der Waals surface area contributed by atoms with Crippen LogP contribution in [0.5, 0.6) is 0 Å². The van der Waals surface area contributed by atoms with Crippen LogP contribution < -0.4 is 5.32 Å². The van der Waals surface area contributed by atoms with E-state index in [1.54, 1.807) is 16.6 Å². The van der Waals surface area contributed by atoms with Gasteiger partial charge < -0.3 is 10.2 Å². The minimum atomic E-state index is -0.217. The van der Waals surface area contributed by atoms with Gasteiger partial charge in [0.15, 0.2) is 0 Å². The van der Waals surface area contributed by atoms with Gasteiger partial charge in [0, 0.05) is 25.1 Å². The van der Waals surface area contributed by atoms with Crippen molar-refractivity contribution in [1.82, 2.24) is 14.7 Å². The molecule has 6 heteroatoms. The smallest absolute Gasteiger partial charge is 0.245 e. The van der Waals surface area contributed by atoms with E-state index in [-0.39, 0.29) is 29.7 Å². The van der Waals surface area contributed by atoms with Crippen LogP contribution in [0.3, 0.4) is 0 Å². The van der Waals surface area contributed by atoms with Gasteiger partial charge in [-0.1, -0.05) is 65.0 Å². The second-order valence-corrected chi connectivity index (χ2v) is 8.67. The maximum atomic E-state index is 12.8. The lowest BCUT2D eigenvalue weighted by molar-refractivity contribution is -0.134. The second kappa shape index (κ2) is 9.04. The third-order valence-corrected chi connectivity index (χ3v) is 4.39. The predicted octanol–water partition coefficient (Wildman–Crippen LogP) is 3.38. The Kier molecular flexibility index (Phi) is 7.00. The first-order valence-corrected chi connectivity index (χ1v) is 9.72. The Balaban J connectivity index is 2.06. The zero-order chi connectivity index (χ0) is 20.9. The topological polar surface area (TPSA) is 67.2 Å². The molecule has 1 aromatic carbocycles. The largest absolute Gasteiger partial charge is 0.333 e. The predicted molar refractivity (Wildman–Crippen MR) is 112 cm³/mol. The van der Waals surface area contributed by atoms with E-state index in [9.17, 15) is 9.59 Å². The Bertz CT molecular complexity index is 804. The molecule has 1 heterocycles. The summed E-state index contributed by atoms with van der Waals surface area (Å²) in [6, 6.07) is 11.5. The first-order valence-electron chi connectivity index (χ1n) is 9.72. The fraction of sp³-hybridized carbons (Fsp3) is 0.500. The van der Waals surface area contributed by atoms with Gasteiger partial charge in [0.25, 0.3) is 0 Å². The fourth-order valence-electron chi connectivity index (χ4n) is 2.88. The summed E-state index contributed by atoms with van der Waals surface area (Å²) in [5, 5.41) is 7.37. The van der Waals surface area contributed by atoms with Crippen molar-refractivity contribution in [1.29, 1.82) is 0 Å². The van der Waals surface area contributed by atoms with E-state index in [0.717, 1.165) is 11.3 Å². The lowest BCUT2D eigenvalue weighted by Crippen LogP contribution is -2.41. The van der Waals surface area contributed by atoms with Crippen molar-refractivity contribution in [2.75, 3.05) is 18.4 Å². The Morgan fingerprint density at radius 1 is 1.18 bits per heavy atom. The van der Waals surface area contributed by atoms with Crippen molar-refractivity contribution >= 4 is 17.6 Å². The van der Waals surface area contributed by atoms with Crippen LogP contribution in [-0.2, 0) is 28.5 Å². The summed E-state index contributed by atoms with van der Waals surface area (Å²) in [7, 11) is 1.80. The molecular formula is C22H32N4O2. The van der Waals surface area contributed by atoms with E-state index >= 15 is 0 Å². The number of rotatable bonds is 7. The lowest BCUT2D eigenvalue weighted by Gasteiger charge is -2.24. The van der Waals surface area contributed by atoms with E-state index in [1.165, 1.54) is 0 Å². The van der Waals surface area contributed by atoms with Gasteiger partial charge in [-0.3, -0.25) is 14.3 Å². The molecule has 2 rings (SSSR count). The molecule has 0 radical (unpaired) electrons. The minimum Gasteiger partial charge on any atom is -0.333 e. The van der Waals surface area contributed by atoms with Crippen LogP contribution in [-0.4, -0.2) is 39.6 Å². The molecule has 0 saturated carbocycles. The van der Waals surface area contributed by atoms with Gasteiger partial charge in [-0.05, 0) is 11.5 Å². The molecule has 0 atom stereocenters. The van der Waals surface area contributed by atoms with Crippen LogP contribution in [0.25, 0.3) is 0 Å². The van der Waals surface area contributed by atoms with E-state index in [4.69, 9.17) is 0 Å². The Labute approximate surface area is 167 Å². The molecule has 1 aromatic heterocycles. The molecule has 2 amide bonds. The van der Waals surface area contributed by atoms with Crippen molar-refractivity contribution in [2.24, 2.45) is 13.0 Å². The summed E-state index contributed by atoms with van der Waals surface area (Å²) in [5.74, 6) is 0.646. The summed E-state index contributed by atoms with van der Waals surface area (Å²) in [5.41, 5.74) is 1.75. The number of anilines is 1. The van der Waals surface area contributed by atoms with E-state index in [2.05, 4.69) is 31.2 Å². The van der Waals surface area contributed by atoms with Crippen LogP contribution in [0.1, 0.15) is 45.9 Å². The number of carbonyl (C=O) groups is 2. The lowest BCUT2D eigenvalue weighted by atomic mass is 9.92. The van der Waals surface area contributed by atoms with Gasteiger partial charge in [-0.25, -0.2) is 0 Å². The highest BCUT2D eigenvalue weighted by Gasteiger charge is 2.22. The number of carbonyl (C=O) groups excluding carboxylic acids is 2. The summed E-state index contributed by atoms with van der Waals surface area (Å²) in [6.07, 6.45) is 0.292. The van der Waals surface area contributed by atoms with Gasteiger partial charge in [0.05, 0.1) is 18.7 Å². The molecule has 6 nitrogen and oxygen atoms in total. The molecule has 0 spiro atoms. The Morgan fingerprint density at radius 3 is 2.36 bits per heavy atom. The monoisotopic (exact) mass is 384 g/mol. The Morgan fingerprint density at radius 2 is 1.82 bits per heavy atom. The maximum absolute atomic E-state index is 12.8. The highest BCUT2D eigenvalue weighted by Crippen LogP contribution is 2.23. The first kappa shape index (κ1) is 21.7. The average Bonchev–Trinajstić information content (AvgIpc) is 2.95. The fourth-order valence-corrected chi connectivity index (χ4v) is 2.88. The van der Waals surface area contributed by atoms with Gasteiger partial charge in [-0.15, -0.1) is 0 Å². The third kappa shape index (κ3) is 6.22. The number of hydrogen-bond donors (Lipinski definition) is 1. The molecule has 0 aliphatic rings. The van der Waals surface area contributed by atoms with E-state index < -0.39 is 0 Å². The van der Waals surface area contributed by atoms with Gasteiger partial charge in [0.1, 0.15) is 5.82 Å². The average molecular weight is 385 g/mol. The van der Waals surface area contributed by atoms with Crippen LogP contribution in [0.4, 0.5) is 5.82 Å². The molecule has 0 aliphatic carbocycles. The van der Waals surface area contributed by atoms with E-state index in [0.29, 0.717) is 18.8 Å². The standard InChI is InChI=1S/C22H32N4O2/c1-16(2)14-26(21(28)12-17-10-8-7-9-11-17)15-20(27)23-19-13-18(22(3,4)5)24-25(19)6/h7-11,13,16H,12,14-15H2,1-6H3,(H,23,27). The number of nitrogens with zero attached hydrogens (tertiary/aromatic N) is 3. The van der Waals surface area contributed by atoms with Gasteiger partial charge in [-0.2, -0.15) is 5.10 Å². The van der Waals surface area contributed by atoms with E-state index in [1.807, 2.05) is 50.2 Å². The van der Waals surface area contributed by atoms with Crippen LogP contribution >= 0.6 is 0 Å². The van der Waals surface area contributed by atoms with Crippen LogP contribution in [0, 0.1) is 5.92 Å². The number of benzene rings is 1. The minimum absolute atomic E-state index is 0.0277. The van der Waals surface area contributed by atoms with Gasteiger partial charge >= 0.3 is 0 Å². The summed E-state index contributed by atoms with van der Waals surface area (Å²) in [4.78, 5) is 27.0. The molecule has 0 saturated heterocycles. The highest BCUT2D eigenvalue weighted by atomic mass is 16.2. The van der Waals surface area contributed by atoms with Crippen molar-refractivity contribution in [3.63, 3.8) is 0 Å². The molecule has 0 aliphatic heterocycles. The molecule has 0 fully saturated rings. The molecule has 28 heavy (non-hydrogen) atoms. The molecule has 1 N–H and O–H groups in total. The summed E-state index contributed by atoms with van der Waals surface area (Å²) < 4.78 is 1.66.